The van der Waals surface area contributed by atoms with Crippen LogP contribution in [-0.2, 0) is 4.79 Å². The van der Waals surface area contributed by atoms with Gasteiger partial charge in [0.25, 0.3) is 5.91 Å². The Labute approximate surface area is 128 Å². The third kappa shape index (κ3) is 3.88. The molecule has 114 valence electrons. The van der Waals surface area contributed by atoms with Crippen molar-refractivity contribution < 1.29 is 19.4 Å². The van der Waals surface area contributed by atoms with Gasteiger partial charge in [-0.3, -0.25) is 9.59 Å². The Morgan fingerprint density at radius 2 is 1.95 bits per heavy atom. The number of carboxylic acid groups (broad SMARTS) is 1. The first-order chi connectivity index (χ1) is 10.0. The van der Waals surface area contributed by atoms with Crippen LogP contribution in [-0.4, -0.2) is 30.1 Å². The fraction of sp³-hybridized carbons (Fsp3) is 0.467. The maximum atomic E-state index is 12.2. The number of benzene rings is 1. The number of hydrogen-bond acceptors (Lipinski definition) is 3. The quantitative estimate of drug-likeness (QED) is 0.896. The van der Waals surface area contributed by atoms with Gasteiger partial charge >= 0.3 is 5.97 Å². The lowest BCUT2D eigenvalue weighted by Gasteiger charge is -2.26. The van der Waals surface area contributed by atoms with Gasteiger partial charge in [-0.1, -0.05) is 11.6 Å². The van der Waals surface area contributed by atoms with E-state index in [1.807, 2.05) is 0 Å². The van der Waals surface area contributed by atoms with E-state index in [0.29, 0.717) is 42.0 Å². The third-order valence-electron chi connectivity index (χ3n) is 3.82. The molecule has 0 bridgehead atoms. The zero-order valence-electron chi connectivity index (χ0n) is 11.8. The number of methoxy groups -OCH3 is 1. The van der Waals surface area contributed by atoms with Gasteiger partial charge in [-0.15, -0.1) is 0 Å². The number of carboxylic acids is 1. The van der Waals surface area contributed by atoms with Gasteiger partial charge in [0.1, 0.15) is 5.75 Å². The van der Waals surface area contributed by atoms with Crippen LogP contribution in [0.2, 0.25) is 5.02 Å². The van der Waals surface area contributed by atoms with E-state index in [2.05, 4.69) is 5.32 Å². The van der Waals surface area contributed by atoms with Crippen molar-refractivity contribution in [2.45, 2.75) is 31.7 Å². The van der Waals surface area contributed by atoms with Crippen molar-refractivity contribution in [1.29, 1.82) is 0 Å². The molecule has 1 aliphatic rings. The highest BCUT2D eigenvalue weighted by atomic mass is 35.5. The molecule has 1 aromatic carbocycles. The minimum Gasteiger partial charge on any atom is -0.495 e. The predicted octanol–water partition coefficient (Wildman–Crippen LogP) is 2.72. The zero-order chi connectivity index (χ0) is 15.4. The van der Waals surface area contributed by atoms with E-state index < -0.39 is 5.97 Å². The molecule has 1 aliphatic carbocycles. The fourth-order valence-electron chi connectivity index (χ4n) is 2.55. The van der Waals surface area contributed by atoms with E-state index in [4.69, 9.17) is 21.4 Å². The molecule has 6 heteroatoms. The van der Waals surface area contributed by atoms with Crippen LogP contribution < -0.4 is 10.1 Å². The minimum atomic E-state index is -0.748. The number of carbonyl (C=O) groups is 2. The maximum Gasteiger partial charge on any atom is 0.306 e. The summed E-state index contributed by atoms with van der Waals surface area (Å²) in [4.78, 5) is 23.1. The highest BCUT2D eigenvalue weighted by molar-refractivity contribution is 6.32. The summed E-state index contributed by atoms with van der Waals surface area (Å²) in [6.45, 7) is 0. The van der Waals surface area contributed by atoms with E-state index in [-0.39, 0.29) is 17.9 Å². The van der Waals surface area contributed by atoms with Crippen LogP contribution in [0.25, 0.3) is 0 Å². The monoisotopic (exact) mass is 311 g/mol. The summed E-state index contributed by atoms with van der Waals surface area (Å²) in [5, 5.41) is 12.3. The lowest BCUT2D eigenvalue weighted by Crippen LogP contribution is -2.38. The molecule has 0 heterocycles. The molecule has 0 spiro atoms. The van der Waals surface area contributed by atoms with Gasteiger partial charge in [0.05, 0.1) is 18.1 Å². The topological polar surface area (TPSA) is 75.6 Å². The van der Waals surface area contributed by atoms with Gasteiger partial charge in [-0.05, 0) is 43.9 Å². The molecule has 21 heavy (non-hydrogen) atoms. The molecule has 0 atom stereocenters. The Balaban J connectivity index is 1.95. The minimum absolute atomic E-state index is 0.0229. The summed E-state index contributed by atoms with van der Waals surface area (Å²) in [5.41, 5.74) is 0.483. The summed E-state index contributed by atoms with van der Waals surface area (Å²) in [6, 6.07) is 4.88. The summed E-state index contributed by atoms with van der Waals surface area (Å²) in [7, 11) is 1.50. The number of nitrogens with one attached hydrogen (secondary N) is 1. The predicted molar refractivity (Wildman–Crippen MR) is 78.9 cm³/mol. The number of halogens is 1. The molecule has 1 fully saturated rings. The van der Waals surface area contributed by atoms with Crippen LogP contribution in [0.1, 0.15) is 36.0 Å². The van der Waals surface area contributed by atoms with Crippen molar-refractivity contribution >= 4 is 23.5 Å². The molecule has 0 aromatic heterocycles. The van der Waals surface area contributed by atoms with Crippen LogP contribution in [0.5, 0.6) is 5.75 Å². The Bertz CT molecular complexity index is 538. The molecule has 0 aliphatic heterocycles. The van der Waals surface area contributed by atoms with Crippen molar-refractivity contribution in [1.82, 2.24) is 5.32 Å². The molecule has 0 radical (unpaired) electrons. The molecule has 0 unspecified atom stereocenters. The van der Waals surface area contributed by atoms with Gasteiger partial charge in [-0.25, -0.2) is 0 Å². The van der Waals surface area contributed by atoms with Gasteiger partial charge in [0, 0.05) is 11.6 Å². The lowest BCUT2D eigenvalue weighted by molar-refractivity contribution is -0.142. The van der Waals surface area contributed by atoms with Crippen LogP contribution in [0.3, 0.4) is 0 Å². The van der Waals surface area contributed by atoms with Crippen molar-refractivity contribution in [3.8, 4) is 5.75 Å². The summed E-state index contributed by atoms with van der Waals surface area (Å²) < 4.78 is 5.09. The second kappa shape index (κ2) is 6.80. The largest absolute Gasteiger partial charge is 0.495 e. The van der Waals surface area contributed by atoms with Gasteiger partial charge in [0.2, 0.25) is 0 Å². The molecule has 2 rings (SSSR count). The second-order valence-corrected chi connectivity index (χ2v) is 5.62. The summed E-state index contributed by atoms with van der Waals surface area (Å²) in [5.74, 6) is -0.765. The molecule has 1 aromatic rings. The third-order valence-corrected chi connectivity index (χ3v) is 4.14. The fourth-order valence-corrected chi connectivity index (χ4v) is 2.75. The highest BCUT2D eigenvalue weighted by Gasteiger charge is 2.26. The maximum absolute atomic E-state index is 12.2. The number of ether oxygens (including phenoxy) is 1. The first-order valence-electron chi connectivity index (χ1n) is 6.88. The molecular formula is C15H18ClNO4. The average molecular weight is 312 g/mol. The van der Waals surface area contributed by atoms with E-state index in [1.54, 1.807) is 18.2 Å². The van der Waals surface area contributed by atoms with E-state index in [9.17, 15) is 9.59 Å². The van der Waals surface area contributed by atoms with Crippen LogP contribution in [0.15, 0.2) is 18.2 Å². The molecule has 1 amide bonds. The van der Waals surface area contributed by atoms with Crippen molar-refractivity contribution in [2.75, 3.05) is 7.11 Å². The SMILES string of the molecule is COc1cc(C(=O)NC2CCC(C(=O)O)CC2)ccc1Cl. The Kier molecular flexibility index (Phi) is 5.07. The molecule has 2 N–H and O–H groups in total. The molecule has 5 nitrogen and oxygen atoms in total. The van der Waals surface area contributed by atoms with Crippen LogP contribution in [0.4, 0.5) is 0 Å². The summed E-state index contributed by atoms with van der Waals surface area (Å²) in [6.07, 6.45) is 2.58. The van der Waals surface area contributed by atoms with Gasteiger partial charge in [-0.2, -0.15) is 0 Å². The van der Waals surface area contributed by atoms with Crippen molar-refractivity contribution in [2.24, 2.45) is 5.92 Å². The van der Waals surface area contributed by atoms with Crippen molar-refractivity contribution in [3.63, 3.8) is 0 Å². The Morgan fingerprint density at radius 1 is 1.29 bits per heavy atom. The first kappa shape index (κ1) is 15.6. The van der Waals surface area contributed by atoms with Gasteiger partial charge < -0.3 is 15.2 Å². The van der Waals surface area contributed by atoms with E-state index >= 15 is 0 Å². The number of carbonyl (C=O) groups excluding carboxylic acids is 1. The highest BCUT2D eigenvalue weighted by Crippen LogP contribution is 2.26. The molecule has 0 saturated heterocycles. The molecule has 1 saturated carbocycles. The van der Waals surface area contributed by atoms with Gasteiger partial charge in [0.15, 0.2) is 0 Å². The normalized spacial score (nSPS) is 21.6. The smallest absolute Gasteiger partial charge is 0.306 e. The Hall–Kier alpha value is -1.75. The summed E-state index contributed by atoms with van der Waals surface area (Å²) >= 11 is 5.93. The number of amides is 1. The standard InChI is InChI=1S/C15H18ClNO4/c1-21-13-8-10(4-7-12(13)16)14(18)17-11-5-2-9(3-6-11)15(19)20/h4,7-9,11H,2-3,5-6H2,1H3,(H,17,18)(H,19,20). The van der Waals surface area contributed by atoms with Crippen molar-refractivity contribution in [3.05, 3.63) is 28.8 Å². The number of aliphatic carboxylic acids is 1. The average Bonchev–Trinajstić information content (AvgIpc) is 2.48. The van der Waals surface area contributed by atoms with Crippen LogP contribution >= 0.6 is 11.6 Å². The number of rotatable bonds is 4. The first-order valence-corrected chi connectivity index (χ1v) is 7.26. The zero-order valence-corrected chi connectivity index (χ0v) is 12.5. The van der Waals surface area contributed by atoms with Crippen LogP contribution in [0, 0.1) is 5.92 Å². The second-order valence-electron chi connectivity index (χ2n) is 5.21. The lowest BCUT2D eigenvalue weighted by atomic mass is 9.86. The van der Waals surface area contributed by atoms with E-state index in [1.165, 1.54) is 7.11 Å². The molecular weight excluding hydrogens is 294 g/mol. The number of hydrogen-bond donors (Lipinski definition) is 2. The Morgan fingerprint density at radius 3 is 2.52 bits per heavy atom. The van der Waals surface area contributed by atoms with E-state index in [0.717, 1.165) is 0 Å².